The van der Waals surface area contributed by atoms with Crippen LogP contribution in [0.4, 0.5) is 0 Å². The van der Waals surface area contributed by atoms with E-state index >= 15 is 0 Å². The quantitative estimate of drug-likeness (QED) is 0.379. The molecule has 2 aliphatic rings. The van der Waals surface area contributed by atoms with Gasteiger partial charge in [-0.25, -0.2) is 8.42 Å². The number of carbonyl (C=O) groups is 2. The maximum atomic E-state index is 14.0. The molecule has 1 saturated carbocycles. The molecule has 11 heteroatoms. The number of aliphatic hydroxyl groups excluding tert-OH is 2. The molecule has 1 amide bonds. The molecule has 2 fully saturated rings. The van der Waals surface area contributed by atoms with Gasteiger partial charge in [0.05, 0.1) is 23.6 Å². The highest BCUT2D eigenvalue weighted by Crippen LogP contribution is 2.57. The lowest BCUT2D eigenvalue weighted by atomic mass is 10.1. The van der Waals surface area contributed by atoms with Crippen LogP contribution >= 0.6 is 11.6 Å². The monoisotopic (exact) mass is 570 g/mol. The first-order valence-electron chi connectivity index (χ1n) is 12.3. The third-order valence-electron chi connectivity index (χ3n) is 7.46. The normalized spacial score (nSPS) is 24.6. The van der Waals surface area contributed by atoms with Gasteiger partial charge in [0, 0.05) is 24.0 Å². The molecule has 3 N–H and O–H groups in total. The van der Waals surface area contributed by atoms with Gasteiger partial charge in [-0.3, -0.25) is 9.59 Å². The predicted octanol–water partition coefficient (Wildman–Crippen LogP) is 2.57. The van der Waals surface area contributed by atoms with Gasteiger partial charge in [-0.05, 0) is 47.4 Å². The average molecular weight is 571 g/mol. The average Bonchev–Trinajstić information content (AvgIpc) is 3.60. The van der Waals surface area contributed by atoms with Crippen molar-refractivity contribution < 1.29 is 33.3 Å². The van der Waals surface area contributed by atoms with E-state index in [1.807, 2.05) is 0 Å². The number of aliphatic carboxylic acids is 1. The lowest BCUT2D eigenvalue weighted by Gasteiger charge is -2.30. The highest BCUT2D eigenvalue weighted by Gasteiger charge is 2.68. The summed E-state index contributed by atoms with van der Waals surface area (Å²) in [5.41, 5.74) is 0.323. The van der Waals surface area contributed by atoms with Crippen molar-refractivity contribution in [2.75, 3.05) is 19.6 Å². The predicted molar refractivity (Wildman–Crippen MR) is 144 cm³/mol. The Morgan fingerprint density at radius 3 is 1.97 bits per heavy atom. The number of likely N-dealkylation sites (tertiary alicyclic amines) is 1. The number of benzene rings is 3. The minimum atomic E-state index is -4.48. The number of nitrogens with zero attached hydrogens (tertiary/aromatic N) is 2. The number of amides is 1. The molecule has 3 aromatic rings. The minimum absolute atomic E-state index is 0.00698. The second-order valence-corrected chi connectivity index (χ2v) is 12.2. The number of carboxylic acid groups (broad SMARTS) is 1. The van der Waals surface area contributed by atoms with Crippen LogP contribution in [-0.4, -0.2) is 82.2 Å². The Morgan fingerprint density at radius 2 is 1.44 bits per heavy atom. The van der Waals surface area contributed by atoms with Crippen LogP contribution in [0.3, 0.4) is 0 Å². The molecule has 4 unspecified atom stereocenters. The van der Waals surface area contributed by atoms with E-state index in [2.05, 4.69) is 0 Å². The van der Waals surface area contributed by atoms with Crippen molar-refractivity contribution in [1.82, 2.24) is 9.21 Å². The van der Waals surface area contributed by atoms with Crippen LogP contribution in [0.5, 0.6) is 0 Å². The first-order chi connectivity index (χ1) is 18.5. The standard InChI is InChI=1S/C28H27ClN2O7S/c29-21-10-6-18(7-11-21)19-8-12-22(13-9-19)39(37,38)31(17-26(34)30-15-24(32)25(33)16-30)28(27(35)36)14-23(28)20-4-2-1-3-5-20/h1-13,23-25,32-33H,14-17H2,(H,35,36). The van der Waals surface area contributed by atoms with Crippen LogP contribution in [0, 0.1) is 0 Å². The number of rotatable bonds is 8. The summed E-state index contributed by atoms with van der Waals surface area (Å²) in [6.45, 7) is -1.10. The Hall–Kier alpha value is -3.28. The Balaban J connectivity index is 1.52. The van der Waals surface area contributed by atoms with Gasteiger partial charge in [-0.15, -0.1) is 0 Å². The molecule has 4 atom stereocenters. The summed E-state index contributed by atoms with van der Waals surface area (Å²) in [5, 5.41) is 30.7. The molecule has 1 aliphatic carbocycles. The molecular weight excluding hydrogens is 544 g/mol. The Bertz CT molecular complexity index is 1470. The maximum absolute atomic E-state index is 14.0. The van der Waals surface area contributed by atoms with E-state index in [4.69, 9.17) is 11.6 Å². The topological polar surface area (TPSA) is 135 Å². The van der Waals surface area contributed by atoms with Gasteiger partial charge in [0.1, 0.15) is 5.54 Å². The van der Waals surface area contributed by atoms with Crippen molar-refractivity contribution in [3.8, 4) is 11.1 Å². The van der Waals surface area contributed by atoms with Crippen LogP contribution in [-0.2, 0) is 19.6 Å². The van der Waals surface area contributed by atoms with E-state index in [1.165, 1.54) is 12.1 Å². The van der Waals surface area contributed by atoms with Crippen LogP contribution in [0.25, 0.3) is 11.1 Å². The van der Waals surface area contributed by atoms with Gasteiger partial charge in [0.2, 0.25) is 15.9 Å². The van der Waals surface area contributed by atoms with Crippen molar-refractivity contribution in [2.45, 2.75) is 35.0 Å². The molecule has 0 aromatic heterocycles. The lowest BCUT2D eigenvalue weighted by Crippen LogP contribution is -2.52. The summed E-state index contributed by atoms with van der Waals surface area (Å²) in [6.07, 6.45) is -2.33. The fraction of sp³-hybridized carbons (Fsp3) is 0.286. The molecule has 1 aliphatic heterocycles. The van der Waals surface area contributed by atoms with Crippen LogP contribution in [0.15, 0.2) is 83.8 Å². The number of sulfonamides is 1. The number of hydrogen-bond donors (Lipinski definition) is 3. The fourth-order valence-electron chi connectivity index (χ4n) is 5.18. The lowest BCUT2D eigenvalue weighted by molar-refractivity contribution is -0.144. The molecule has 0 bridgehead atoms. The van der Waals surface area contributed by atoms with Gasteiger partial charge in [-0.2, -0.15) is 4.31 Å². The zero-order valence-corrected chi connectivity index (χ0v) is 22.3. The molecular formula is C28H27ClN2O7S. The fourth-order valence-corrected chi connectivity index (χ4v) is 7.02. The third-order valence-corrected chi connectivity index (χ3v) is 9.61. The van der Waals surface area contributed by atoms with Gasteiger partial charge in [-0.1, -0.05) is 66.2 Å². The number of hydrogen-bond acceptors (Lipinski definition) is 6. The van der Waals surface area contributed by atoms with Crippen molar-refractivity contribution in [3.05, 3.63) is 89.4 Å². The highest BCUT2D eigenvalue weighted by molar-refractivity contribution is 7.89. The molecule has 39 heavy (non-hydrogen) atoms. The molecule has 204 valence electrons. The van der Waals surface area contributed by atoms with Crippen molar-refractivity contribution in [3.63, 3.8) is 0 Å². The number of halogens is 1. The number of carboxylic acids is 1. The highest BCUT2D eigenvalue weighted by atomic mass is 35.5. The maximum Gasteiger partial charge on any atom is 0.325 e. The van der Waals surface area contributed by atoms with Crippen LogP contribution in [0.2, 0.25) is 5.02 Å². The van der Waals surface area contributed by atoms with Gasteiger partial charge < -0.3 is 20.2 Å². The SMILES string of the molecule is O=C(CN(C1(C(=O)O)CC1c1ccccc1)S(=O)(=O)c1ccc(-c2ccc(Cl)cc2)cc1)N1CC(O)C(O)C1. The summed E-state index contributed by atoms with van der Waals surface area (Å²) in [5.74, 6) is -2.72. The molecule has 5 rings (SSSR count). The molecule has 0 radical (unpaired) electrons. The summed E-state index contributed by atoms with van der Waals surface area (Å²) in [4.78, 5) is 27.0. The van der Waals surface area contributed by atoms with E-state index < -0.39 is 52.1 Å². The van der Waals surface area contributed by atoms with Crippen molar-refractivity contribution in [1.29, 1.82) is 0 Å². The van der Waals surface area contributed by atoms with Crippen molar-refractivity contribution >= 4 is 33.5 Å². The molecule has 9 nitrogen and oxygen atoms in total. The molecule has 3 aromatic carbocycles. The summed E-state index contributed by atoms with van der Waals surface area (Å²) in [7, 11) is -4.48. The number of carbonyl (C=O) groups excluding carboxylic acids is 1. The first kappa shape index (κ1) is 27.3. The summed E-state index contributed by atoms with van der Waals surface area (Å²) >= 11 is 5.96. The second kappa shape index (κ2) is 10.4. The van der Waals surface area contributed by atoms with Gasteiger partial charge in [0.25, 0.3) is 0 Å². The zero-order chi connectivity index (χ0) is 27.9. The van der Waals surface area contributed by atoms with E-state index in [0.717, 1.165) is 20.3 Å². The van der Waals surface area contributed by atoms with Gasteiger partial charge >= 0.3 is 5.97 Å². The van der Waals surface area contributed by atoms with E-state index in [-0.39, 0.29) is 24.4 Å². The third kappa shape index (κ3) is 5.06. The molecule has 1 heterocycles. The Morgan fingerprint density at radius 1 is 0.897 bits per heavy atom. The number of aliphatic hydroxyl groups is 2. The zero-order valence-electron chi connectivity index (χ0n) is 20.7. The van der Waals surface area contributed by atoms with Gasteiger partial charge in [0.15, 0.2) is 0 Å². The van der Waals surface area contributed by atoms with E-state index in [1.54, 1.807) is 66.7 Å². The molecule has 1 saturated heterocycles. The number of β-amino-alcohol motifs (C(OH)–C–C–N with tert-alkyl or cyclic N) is 2. The van der Waals surface area contributed by atoms with Crippen molar-refractivity contribution in [2.24, 2.45) is 0 Å². The van der Waals surface area contributed by atoms with E-state index in [0.29, 0.717) is 10.6 Å². The van der Waals surface area contributed by atoms with Crippen LogP contribution in [0.1, 0.15) is 17.9 Å². The summed E-state index contributed by atoms with van der Waals surface area (Å²) in [6, 6.07) is 21.7. The molecule has 0 spiro atoms. The van der Waals surface area contributed by atoms with E-state index in [9.17, 15) is 33.3 Å². The Kier molecular flexibility index (Phi) is 7.25. The second-order valence-electron chi connectivity index (χ2n) is 9.87. The first-order valence-corrected chi connectivity index (χ1v) is 14.2. The largest absolute Gasteiger partial charge is 0.480 e. The Labute approximate surface area is 230 Å². The minimum Gasteiger partial charge on any atom is -0.480 e. The smallest absolute Gasteiger partial charge is 0.325 e. The van der Waals surface area contributed by atoms with Crippen LogP contribution < -0.4 is 0 Å². The summed E-state index contributed by atoms with van der Waals surface area (Å²) < 4.78 is 28.9.